The molecule has 44 heavy (non-hydrogen) atoms. The van der Waals surface area contributed by atoms with Crippen molar-refractivity contribution >= 4 is 17.9 Å². The molecular weight excluding hydrogens is 552 g/mol. The Morgan fingerprint density at radius 1 is 0.432 bits per heavy atom. The fourth-order valence-corrected chi connectivity index (χ4v) is 5.14. The van der Waals surface area contributed by atoms with Crippen molar-refractivity contribution in [2.75, 3.05) is 13.2 Å². The molecule has 0 heterocycles. The van der Waals surface area contributed by atoms with E-state index in [4.69, 9.17) is 14.2 Å². The molecule has 0 aromatic rings. The molecule has 0 fully saturated rings. The maximum atomic E-state index is 12.5. The predicted molar refractivity (Wildman–Crippen MR) is 183 cm³/mol. The highest BCUT2D eigenvalue weighted by atomic mass is 16.6. The number of rotatable bonds is 33. The number of carbonyl (C=O) groups excluding carboxylic acids is 3. The van der Waals surface area contributed by atoms with E-state index in [0.29, 0.717) is 19.3 Å². The Labute approximate surface area is 271 Å². The van der Waals surface area contributed by atoms with Gasteiger partial charge in [0.05, 0.1) is 0 Å². The number of hydrogen-bond acceptors (Lipinski definition) is 6. The Bertz CT molecular complexity index is 689. The molecule has 0 amide bonds. The molecule has 1 unspecified atom stereocenters. The summed E-state index contributed by atoms with van der Waals surface area (Å²) in [5.41, 5.74) is 0. The molecule has 0 saturated carbocycles. The summed E-state index contributed by atoms with van der Waals surface area (Å²) >= 11 is 0. The third kappa shape index (κ3) is 31.6. The molecule has 258 valence electrons. The lowest BCUT2D eigenvalue weighted by Gasteiger charge is -2.18. The van der Waals surface area contributed by atoms with Crippen LogP contribution >= 0.6 is 0 Å². The lowest BCUT2D eigenvalue weighted by molar-refractivity contribution is -0.167. The molecule has 0 spiro atoms. The first kappa shape index (κ1) is 42.1. The van der Waals surface area contributed by atoms with Crippen LogP contribution in [0.5, 0.6) is 0 Å². The van der Waals surface area contributed by atoms with Gasteiger partial charge in [-0.2, -0.15) is 0 Å². The molecule has 0 aromatic heterocycles. The first-order valence-electron chi connectivity index (χ1n) is 18.7. The van der Waals surface area contributed by atoms with Crippen LogP contribution in [0.3, 0.4) is 0 Å². The molecule has 0 rings (SSSR count). The Balaban J connectivity index is 4.29. The fraction of sp³-hybridized carbons (Fsp3) is 0.868. The summed E-state index contributed by atoms with van der Waals surface area (Å²) in [5, 5.41) is 0. The number of esters is 3. The van der Waals surface area contributed by atoms with Crippen LogP contribution in [-0.2, 0) is 28.6 Å². The quantitative estimate of drug-likeness (QED) is 0.0313. The molecule has 0 bridgehead atoms. The summed E-state index contributed by atoms with van der Waals surface area (Å²) in [7, 11) is 0. The average Bonchev–Trinajstić information content (AvgIpc) is 3.02. The number of ether oxygens (including phenoxy) is 3. The van der Waals surface area contributed by atoms with E-state index in [1.807, 2.05) is 0 Å². The van der Waals surface area contributed by atoms with Crippen LogP contribution in [0.25, 0.3) is 0 Å². The predicted octanol–water partition coefficient (Wildman–Crippen LogP) is 11.1. The van der Waals surface area contributed by atoms with E-state index >= 15 is 0 Å². The molecular formula is C38H70O6. The third-order valence-electron chi connectivity index (χ3n) is 8.02. The second kappa shape index (κ2) is 34.0. The number of hydrogen-bond donors (Lipinski definition) is 0. The summed E-state index contributed by atoms with van der Waals surface area (Å²) in [5.74, 6) is -0.901. The molecule has 0 aromatic carbocycles. The van der Waals surface area contributed by atoms with Gasteiger partial charge >= 0.3 is 17.9 Å². The van der Waals surface area contributed by atoms with Gasteiger partial charge in [-0.1, -0.05) is 142 Å². The summed E-state index contributed by atoms with van der Waals surface area (Å²) in [6.07, 6.45) is 32.2. The summed E-state index contributed by atoms with van der Waals surface area (Å²) in [4.78, 5) is 37.1. The van der Waals surface area contributed by atoms with Crippen LogP contribution in [0.2, 0.25) is 0 Å². The van der Waals surface area contributed by atoms with Crippen LogP contribution < -0.4 is 0 Å². The molecule has 0 saturated heterocycles. The van der Waals surface area contributed by atoms with E-state index in [1.165, 1.54) is 83.5 Å². The van der Waals surface area contributed by atoms with Crippen LogP contribution in [0.1, 0.15) is 194 Å². The van der Waals surface area contributed by atoms with E-state index in [-0.39, 0.29) is 31.1 Å². The molecule has 0 aliphatic heterocycles. The SMILES string of the molecule is CCCCC/C=C\CCCCCCCC(=O)OCC(COC(=O)CCCCCCC)OC(=O)CCCCCCCCCCC. The van der Waals surface area contributed by atoms with E-state index in [1.54, 1.807) is 0 Å². The largest absolute Gasteiger partial charge is 0.462 e. The molecule has 0 aliphatic carbocycles. The maximum Gasteiger partial charge on any atom is 0.306 e. The molecule has 6 nitrogen and oxygen atoms in total. The monoisotopic (exact) mass is 623 g/mol. The van der Waals surface area contributed by atoms with Crippen molar-refractivity contribution in [2.24, 2.45) is 0 Å². The zero-order valence-electron chi connectivity index (χ0n) is 29.2. The molecule has 1 atom stereocenters. The summed E-state index contributed by atoms with van der Waals surface area (Å²) < 4.78 is 16.5. The number of allylic oxidation sites excluding steroid dienone is 2. The zero-order chi connectivity index (χ0) is 32.4. The van der Waals surface area contributed by atoms with Gasteiger partial charge in [-0.3, -0.25) is 14.4 Å². The highest BCUT2D eigenvalue weighted by Gasteiger charge is 2.19. The van der Waals surface area contributed by atoms with Gasteiger partial charge < -0.3 is 14.2 Å². The lowest BCUT2D eigenvalue weighted by atomic mass is 10.1. The van der Waals surface area contributed by atoms with Gasteiger partial charge in [-0.25, -0.2) is 0 Å². The number of unbranched alkanes of at least 4 members (excludes halogenated alkanes) is 20. The topological polar surface area (TPSA) is 78.9 Å². The zero-order valence-corrected chi connectivity index (χ0v) is 29.2. The summed E-state index contributed by atoms with van der Waals surface area (Å²) in [6, 6.07) is 0. The first-order chi connectivity index (χ1) is 21.5. The van der Waals surface area contributed by atoms with Crippen molar-refractivity contribution in [3.05, 3.63) is 12.2 Å². The van der Waals surface area contributed by atoms with Crippen LogP contribution in [0.4, 0.5) is 0 Å². The highest BCUT2D eigenvalue weighted by Crippen LogP contribution is 2.13. The van der Waals surface area contributed by atoms with Crippen molar-refractivity contribution in [3.8, 4) is 0 Å². The maximum absolute atomic E-state index is 12.5. The van der Waals surface area contributed by atoms with Crippen molar-refractivity contribution < 1.29 is 28.6 Å². The minimum atomic E-state index is -0.760. The second-order valence-corrected chi connectivity index (χ2v) is 12.5. The highest BCUT2D eigenvalue weighted by molar-refractivity contribution is 5.71. The Kier molecular flexibility index (Phi) is 32.6. The normalized spacial score (nSPS) is 12.0. The van der Waals surface area contributed by atoms with E-state index in [2.05, 4.69) is 32.9 Å². The van der Waals surface area contributed by atoms with Gasteiger partial charge in [0.25, 0.3) is 0 Å². The lowest BCUT2D eigenvalue weighted by Crippen LogP contribution is -2.30. The van der Waals surface area contributed by atoms with Gasteiger partial charge in [-0.15, -0.1) is 0 Å². The van der Waals surface area contributed by atoms with Gasteiger partial charge in [0.2, 0.25) is 0 Å². The van der Waals surface area contributed by atoms with Crippen LogP contribution in [-0.4, -0.2) is 37.2 Å². The van der Waals surface area contributed by atoms with Crippen molar-refractivity contribution in [3.63, 3.8) is 0 Å². The first-order valence-corrected chi connectivity index (χ1v) is 18.7. The third-order valence-corrected chi connectivity index (χ3v) is 8.02. The minimum absolute atomic E-state index is 0.0718. The van der Waals surface area contributed by atoms with E-state index < -0.39 is 6.10 Å². The van der Waals surface area contributed by atoms with Crippen LogP contribution in [0, 0.1) is 0 Å². The smallest absolute Gasteiger partial charge is 0.306 e. The van der Waals surface area contributed by atoms with Crippen LogP contribution in [0.15, 0.2) is 12.2 Å². The average molecular weight is 623 g/mol. The Hall–Kier alpha value is -1.85. The molecule has 0 radical (unpaired) electrons. The summed E-state index contributed by atoms with van der Waals surface area (Å²) in [6.45, 7) is 6.48. The minimum Gasteiger partial charge on any atom is -0.462 e. The van der Waals surface area contributed by atoms with Gasteiger partial charge in [0.1, 0.15) is 13.2 Å². The molecule has 0 aliphatic rings. The van der Waals surface area contributed by atoms with Gasteiger partial charge in [0.15, 0.2) is 6.10 Å². The molecule has 0 N–H and O–H groups in total. The van der Waals surface area contributed by atoms with E-state index in [9.17, 15) is 14.4 Å². The second-order valence-electron chi connectivity index (χ2n) is 12.5. The fourth-order valence-electron chi connectivity index (χ4n) is 5.14. The van der Waals surface area contributed by atoms with Gasteiger partial charge in [0, 0.05) is 19.3 Å². The Morgan fingerprint density at radius 3 is 1.18 bits per heavy atom. The van der Waals surface area contributed by atoms with Gasteiger partial charge in [-0.05, 0) is 44.9 Å². The number of carbonyl (C=O) groups is 3. The standard InChI is InChI=1S/C38H70O6/c1-4-7-10-13-15-17-18-19-21-22-25-28-31-37(40)43-34-35(33-42-36(39)30-27-24-12-9-6-3)44-38(41)32-29-26-23-20-16-14-11-8-5-2/h15,17,35H,4-14,16,18-34H2,1-3H3/b17-15-. The van der Waals surface area contributed by atoms with Crippen molar-refractivity contribution in [1.82, 2.24) is 0 Å². The van der Waals surface area contributed by atoms with Crippen molar-refractivity contribution in [1.29, 1.82) is 0 Å². The Morgan fingerprint density at radius 2 is 0.750 bits per heavy atom. The molecule has 6 heteroatoms. The van der Waals surface area contributed by atoms with Crippen molar-refractivity contribution in [2.45, 2.75) is 200 Å². The van der Waals surface area contributed by atoms with E-state index in [0.717, 1.165) is 70.6 Å².